The molecule has 0 aromatic heterocycles. The Balaban J connectivity index is 0.0000000820. The van der Waals surface area contributed by atoms with Crippen LogP contribution in [0, 0.1) is 94.7 Å². The average molecular weight is 629 g/mol. The lowest BCUT2D eigenvalue weighted by Crippen LogP contribution is -2.25. The predicted octanol–water partition coefficient (Wildman–Crippen LogP) is 10.6. The second-order valence-corrected chi connectivity index (χ2v) is 17.4. The lowest BCUT2D eigenvalue weighted by Gasteiger charge is -2.31. The summed E-state index contributed by atoms with van der Waals surface area (Å²) in [6, 6.07) is 0. The van der Waals surface area contributed by atoms with Crippen molar-refractivity contribution < 1.29 is 9.53 Å². The zero-order valence-electron chi connectivity index (χ0n) is 28.5. The number of ether oxygens (including phenoxy) is 1. The summed E-state index contributed by atoms with van der Waals surface area (Å²) in [4.78, 5) is 11.3. The van der Waals surface area contributed by atoms with Gasteiger partial charge in [-0.05, 0) is 160 Å². The van der Waals surface area contributed by atoms with E-state index in [0.29, 0.717) is 23.5 Å². The molecular formula is C45H56O2. The van der Waals surface area contributed by atoms with Crippen LogP contribution in [0.4, 0.5) is 0 Å². The standard InChI is InChI=1S/C12H16.C10H10O2.C9H12.C7H10.C7H8/c1-2-8-5-7(1)11-9-3-4-10(6-9)12(8)11;1-5-8-6-2-3-7(4-6)9(8)10(11)12-5;1-2-8-5-7-3-4-9(8)6-7;2*1-2-7-4-3-6(1)5-7/h1-2,7-12H,3-6H2;2-3,6-9H,1,4H2;2-4,7,9H,5-6H2,1H3;1-2,6-7H,3-5H2;1-4,6-7H,5H2. The molecule has 7 fully saturated rings. The summed E-state index contributed by atoms with van der Waals surface area (Å²) < 4.78 is 5.04. The number of fused-ring (bicyclic) bond motifs is 20. The van der Waals surface area contributed by atoms with E-state index in [0.717, 1.165) is 77.4 Å². The van der Waals surface area contributed by atoms with Crippen molar-refractivity contribution >= 4 is 5.97 Å². The van der Waals surface area contributed by atoms with E-state index in [1.807, 2.05) is 0 Å². The van der Waals surface area contributed by atoms with Crippen LogP contribution in [0.2, 0.25) is 0 Å². The van der Waals surface area contributed by atoms with E-state index in [2.05, 4.69) is 92.5 Å². The minimum Gasteiger partial charge on any atom is -0.431 e. The van der Waals surface area contributed by atoms with Crippen LogP contribution in [0.1, 0.15) is 77.6 Å². The van der Waals surface area contributed by atoms with Gasteiger partial charge < -0.3 is 4.74 Å². The number of hydrogen-bond donors (Lipinski definition) is 0. The first-order chi connectivity index (χ1) is 23.0. The molecule has 2 nitrogen and oxygen atoms in total. The van der Waals surface area contributed by atoms with Crippen LogP contribution in [0.15, 0.2) is 96.9 Å². The third-order valence-corrected chi connectivity index (χ3v) is 15.0. The molecule has 2 heteroatoms. The maximum absolute atomic E-state index is 11.3. The Hall–Kier alpha value is -2.61. The molecule has 0 aromatic rings. The van der Waals surface area contributed by atoms with E-state index >= 15 is 0 Å². The summed E-state index contributed by atoms with van der Waals surface area (Å²) >= 11 is 0. The predicted molar refractivity (Wildman–Crippen MR) is 190 cm³/mol. The quantitative estimate of drug-likeness (QED) is 0.152. The number of carbonyl (C=O) groups excluding carboxylic acids is 1. The minimum atomic E-state index is -0.0538. The number of cyclic esters (lactones) is 1. The zero-order chi connectivity index (χ0) is 31.6. The summed E-state index contributed by atoms with van der Waals surface area (Å²) in [7, 11) is 0. The van der Waals surface area contributed by atoms with Crippen molar-refractivity contribution in [2.45, 2.75) is 77.6 Å². The van der Waals surface area contributed by atoms with Gasteiger partial charge in [-0.25, -0.2) is 0 Å². The van der Waals surface area contributed by atoms with E-state index in [1.54, 1.807) is 24.8 Å². The van der Waals surface area contributed by atoms with Crippen molar-refractivity contribution in [3.8, 4) is 0 Å². The summed E-state index contributed by atoms with van der Waals surface area (Å²) in [6.07, 6.45) is 46.3. The highest BCUT2D eigenvalue weighted by Gasteiger charge is 2.58. The van der Waals surface area contributed by atoms with E-state index in [9.17, 15) is 4.79 Å². The molecule has 47 heavy (non-hydrogen) atoms. The van der Waals surface area contributed by atoms with Gasteiger partial charge in [0.05, 0.1) is 5.92 Å². The van der Waals surface area contributed by atoms with E-state index in [1.165, 1.54) is 44.9 Å². The fourth-order valence-electron chi connectivity index (χ4n) is 12.9. The first kappa shape index (κ1) is 30.4. The molecule has 1 aliphatic heterocycles. The van der Waals surface area contributed by atoms with Crippen LogP contribution < -0.4 is 0 Å². The lowest BCUT2D eigenvalue weighted by molar-refractivity contribution is -0.139. The van der Waals surface area contributed by atoms with Crippen LogP contribution in [0.5, 0.6) is 0 Å². The first-order valence-electron chi connectivity index (χ1n) is 19.7. The molecule has 12 aliphatic carbocycles. The van der Waals surface area contributed by atoms with Crippen molar-refractivity contribution in [1.82, 2.24) is 0 Å². The van der Waals surface area contributed by atoms with Gasteiger partial charge in [0.15, 0.2) is 0 Å². The highest BCUT2D eigenvalue weighted by Crippen LogP contribution is 2.65. The van der Waals surface area contributed by atoms with Gasteiger partial charge in [0.2, 0.25) is 0 Å². The second-order valence-electron chi connectivity index (χ2n) is 17.4. The van der Waals surface area contributed by atoms with Crippen LogP contribution >= 0.6 is 0 Å². The molecule has 1 heterocycles. The molecule has 13 aliphatic rings. The third kappa shape index (κ3) is 5.58. The van der Waals surface area contributed by atoms with Gasteiger partial charge in [0.1, 0.15) is 5.76 Å². The Morgan fingerprint density at radius 2 is 1.17 bits per heavy atom. The average Bonchev–Trinajstić information content (AvgIpc) is 3.96. The molecule has 0 N–H and O–H groups in total. The largest absolute Gasteiger partial charge is 0.431 e. The molecule has 6 saturated carbocycles. The molecule has 12 bridgehead atoms. The van der Waals surface area contributed by atoms with Crippen molar-refractivity contribution in [3.05, 3.63) is 96.9 Å². The Bertz CT molecular complexity index is 1370. The summed E-state index contributed by atoms with van der Waals surface area (Å²) in [5.74, 6) is 14.0. The van der Waals surface area contributed by atoms with Gasteiger partial charge in [-0.1, -0.05) is 91.1 Å². The van der Waals surface area contributed by atoms with Crippen molar-refractivity contribution in [2.24, 2.45) is 94.7 Å². The fourth-order valence-corrected chi connectivity index (χ4v) is 12.9. The smallest absolute Gasteiger partial charge is 0.315 e. The van der Waals surface area contributed by atoms with Gasteiger partial charge in [-0.3, -0.25) is 4.79 Å². The van der Waals surface area contributed by atoms with Crippen LogP contribution in [0.3, 0.4) is 0 Å². The number of rotatable bonds is 0. The molecule has 0 aromatic carbocycles. The highest BCUT2D eigenvalue weighted by atomic mass is 16.5. The molecular weight excluding hydrogens is 572 g/mol. The molecule has 248 valence electrons. The normalized spacial score (nSPS) is 50.4. The van der Waals surface area contributed by atoms with Gasteiger partial charge in [0, 0.05) is 5.92 Å². The maximum atomic E-state index is 11.3. The summed E-state index contributed by atoms with van der Waals surface area (Å²) in [5.41, 5.74) is 1.67. The van der Waals surface area contributed by atoms with Crippen LogP contribution in [-0.2, 0) is 9.53 Å². The van der Waals surface area contributed by atoms with Gasteiger partial charge in [0.25, 0.3) is 0 Å². The maximum Gasteiger partial charge on any atom is 0.315 e. The van der Waals surface area contributed by atoms with Crippen molar-refractivity contribution in [3.63, 3.8) is 0 Å². The summed E-state index contributed by atoms with van der Waals surface area (Å²) in [5, 5.41) is 0. The highest BCUT2D eigenvalue weighted by molar-refractivity contribution is 5.79. The Labute approximate surface area is 284 Å². The topological polar surface area (TPSA) is 26.3 Å². The van der Waals surface area contributed by atoms with E-state index in [4.69, 9.17) is 4.74 Å². The van der Waals surface area contributed by atoms with Gasteiger partial charge in [-0.15, -0.1) is 0 Å². The lowest BCUT2D eigenvalue weighted by atomic mass is 9.73. The van der Waals surface area contributed by atoms with E-state index < -0.39 is 0 Å². The van der Waals surface area contributed by atoms with Crippen molar-refractivity contribution in [2.75, 3.05) is 0 Å². The zero-order valence-corrected chi connectivity index (χ0v) is 28.5. The van der Waals surface area contributed by atoms with Gasteiger partial charge in [-0.2, -0.15) is 0 Å². The molecule has 14 atom stereocenters. The Morgan fingerprint density at radius 1 is 0.596 bits per heavy atom. The SMILES string of the molecule is C1=CC2C=CC1C2.C1=CC2CC1C1C3CCC(C3)C21.C1=CC2CCC1C2.C=C1OC(=O)C2C3C=CC(C3)C12.CC=C1CC2C=CC1C2. The first-order valence-corrected chi connectivity index (χ1v) is 19.7. The van der Waals surface area contributed by atoms with E-state index in [-0.39, 0.29) is 11.9 Å². The van der Waals surface area contributed by atoms with Crippen LogP contribution in [0.25, 0.3) is 0 Å². The summed E-state index contributed by atoms with van der Waals surface area (Å²) in [6.45, 7) is 5.95. The number of esters is 1. The Kier molecular flexibility index (Phi) is 8.01. The second kappa shape index (κ2) is 12.4. The Morgan fingerprint density at radius 3 is 1.60 bits per heavy atom. The number of allylic oxidation sites excluding steroid dienone is 15. The molecule has 1 saturated heterocycles. The molecule has 14 unspecified atom stereocenters. The molecule has 0 spiro atoms. The molecule has 0 amide bonds. The van der Waals surface area contributed by atoms with Crippen LogP contribution in [-0.4, -0.2) is 5.97 Å². The minimum absolute atomic E-state index is 0.0538. The third-order valence-electron chi connectivity index (χ3n) is 15.0. The van der Waals surface area contributed by atoms with Gasteiger partial charge >= 0.3 is 5.97 Å². The fraction of sp³-hybridized carbons (Fsp3) is 0.622. The monoisotopic (exact) mass is 628 g/mol. The molecule has 0 radical (unpaired) electrons. The number of carbonyl (C=O) groups is 1. The van der Waals surface area contributed by atoms with Crippen molar-refractivity contribution in [1.29, 1.82) is 0 Å². The number of hydrogen-bond acceptors (Lipinski definition) is 2. The molecule has 13 rings (SSSR count).